The average Bonchev–Trinajstić information content (AvgIpc) is 2.65. The first-order valence-corrected chi connectivity index (χ1v) is 9.81. The average molecular weight is 404 g/mol. The van der Waals surface area contributed by atoms with E-state index in [1.807, 2.05) is 52.0 Å². The van der Waals surface area contributed by atoms with E-state index in [9.17, 15) is 15.0 Å². The number of fused-ring (bicyclic) bond motifs is 2. The normalized spacial score (nSPS) is 14.3. The van der Waals surface area contributed by atoms with Gasteiger partial charge in [0.15, 0.2) is 0 Å². The molecule has 1 aliphatic rings. The summed E-state index contributed by atoms with van der Waals surface area (Å²) >= 11 is 0. The van der Waals surface area contributed by atoms with Crippen LogP contribution in [0.2, 0.25) is 0 Å². The van der Waals surface area contributed by atoms with Crippen molar-refractivity contribution in [2.24, 2.45) is 0 Å². The summed E-state index contributed by atoms with van der Waals surface area (Å²) in [6, 6.07) is 6.27. The van der Waals surface area contributed by atoms with Gasteiger partial charge in [0.25, 0.3) is 0 Å². The molecule has 2 heterocycles. The fourth-order valence-electron chi connectivity index (χ4n) is 3.59. The van der Waals surface area contributed by atoms with Gasteiger partial charge in [-0.3, -0.25) is 4.79 Å². The largest absolute Gasteiger partial charge is 0.508 e. The van der Waals surface area contributed by atoms with Crippen LogP contribution in [0.5, 0.6) is 17.2 Å². The van der Waals surface area contributed by atoms with Crippen molar-refractivity contribution in [3.63, 3.8) is 0 Å². The van der Waals surface area contributed by atoms with Crippen LogP contribution in [0, 0.1) is 0 Å². The molecule has 1 aliphatic heterocycles. The lowest BCUT2D eigenvalue weighted by Crippen LogP contribution is -2.28. The maximum absolute atomic E-state index is 13.1. The molecule has 0 radical (unpaired) electrons. The molecule has 0 aliphatic carbocycles. The monoisotopic (exact) mass is 404 g/mol. The Morgan fingerprint density at radius 1 is 1.13 bits per heavy atom. The van der Waals surface area contributed by atoms with Gasteiger partial charge in [-0.05, 0) is 63.5 Å². The summed E-state index contributed by atoms with van der Waals surface area (Å²) in [5.74, 6) is 0.327. The van der Waals surface area contributed by atoms with E-state index in [0.717, 1.165) is 22.9 Å². The lowest BCUT2D eigenvalue weighted by atomic mass is 9.93. The molecule has 0 spiro atoms. The summed E-state index contributed by atoms with van der Waals surface area (Å²) < 4.78 is 11.8. The van der Waals surface area contributed by atoms with Crippen LogP contribution in [0.3, 0.4) is 0 Å². The van der Waals surface area contributed by atoms with E-state index in [1.165, 1.54) is 17.9 Å². The highest BCUT2D eigenvalue weighted by atomic mass is 16.5. The molecular weight excluding hydrogens is 380 g/mol. The number of rotatable bonds is 3. The maximum Gasteiger partial charge on any atom is 0.204 e. The van der Waals surface area contributed by atoms with E-state index in [2.05, 4.69) is 6.08 Å². The minimum atomic E-state index is -0.413. The van der Waals surface area contributed by atoms with Crippen LogP contribution in [0.4, 0.5) is 0 Å². The summed E-state index contributed by atoms with van der Waals surface area (Å²) in [4.78, 5) is 13.1. The van der Waals surface area contributed by atoms with Crippen molar-refractivity contribution in [1.29, 1.82) is 0 Å². The van der Waals surface area contributed by atoms with Gasteiger partial charge in [0.2, 0.25) is 5.43 Å². The molecule has 0 atom stereocenters. The third-order valence-corrected chi connectivity index (χ3v) is 5.11. The van der Waals surface area contributed by atoms with Crippen LogP contribution < -0.4 is 10.2 Å². The van der Waals surface area contributed by atoms with Crippen molar-refractivity contribution in [1.82, 2.24) is 0 Å². The highest BCUT2D eigenvalue weighted by molar-refractivity contribution is 5.88. The van der Waals surface area contributed by atoms with Gasteiger partial charge in [0.1, 0.15) is 40.1 Å². The number of aromatic hydroxyl groups is 2. The minimum absolute atomic E-state index is 0.0433. The third-order valence-electron chi connectivity index (χ3n) is 5.11. The number of hydrogen-bond acceptors (Lipinski definition) is 5. The molecule has 0 unspecified atom stereocenters. The molecule has 3 aromatic rings. The van der Waals surface area contributed by atoms with Crippen molar-refractivity contribution in [2.45, 2.75) is 39.7 Å². The van der Waals surface area contributed by atoms with Gasteiger partial charge in [-0.2, -0.15) is 0 Å². The zero-order valence-corrected chi connectivity index (χ0v) is 17.4. The fraction of sp³-hybridized carbons (Fsp3) is 0.240. The Labute approximate surface area is 174 Å². The number of benzene rings is 2. The predicted molar refractivity (Wildman–Crippen MR) is 118 cm³/mol. The van der Waals surface area contributed by atoms with E-state index in [-0.39, 0.29) is 27.9 Å². The Bertz CT molecular complexity index is 1270. The second kappa shape index (κ2) is 7.10. The van der Waals surface area contributed by atoms with E-state index < -0.39 is 5.60 Å². The summed E-state index contributed by atoms with van der Waals surface area (Å²) in [6.07, 6.45) is 8.15. The molecule has 5 nitrogen and oxygen atoms in total. The molecule has 0 amide bonds. The third kappa shape index (κ3) is 3.59. The van der Waals surface area contributed by atoms with Gasteiger partial charge in [0.05, 0.1) is 5.56 Å². The number of phenols is 2. The Morgan fingerprint density at radius 2 is 1.90 bits per heavy atom. The van der Waals surface area contributed by atoms with E-state index in [0.29, 0.717) is 17.5 Å². The SMILES string of the molecule is CC(C)=CCc1cc(-c2coc3cc(O)cc(O)c3c2=O)cc2c1OC(C)(C)C=C2. The zero-order valence-electron chi connectivity index (χ0n) is 17.4. The van der Waals surface area contributed by atoms with E-state index in [4.69, 9.17) is 9.15 Å². The molecule has 0 bridgehead atoms. The molecule has 0 saturated carbocycles. The summed E-state index contributed by atoms with van der Waals surface area (Å²) in [7, 11) is 0. The maximum atomic E-state index is 13.1. The molecule has 1 aromatic heterocycles. The smallest absolute Gasteiger partial charge is 0.204 e. The first-order valence-electron chi connectivity index (χ1n) is 9.81. The van der Waals surface area contributed by atoms with E-state index >= 15 is 0 Å². The van der Waals surface area contributed by atoms with Crippen LogP contribution in [-0.2, 0) is 6.42 Å². The number of ether oxygens (including phenoxy) is 1. The van der Waals surface area contributed by atoms with Crippen LogP contribution in [0.1, 0.15) is 38.8 Å². The zero-order chi connectivity index (χ0) is 21.6. The Morgan fingerprint density at radius 3 is 2.63 bits per heavy atom. The first-order chi connectivity index (χ1) is 14.1. The second-order valence-electron chi connectivity index (χ2n) is 8.39. The molecule has 2 N–H and O–H groups in total. The Hall–Kier alpha value is -3.47. The standard InChI is InChI=1S/C25H24O5/c1-14(2)5-6-15-9-17(10-16-7-8-25(3,4)30-24(15)16)19-13-29-21-12-18(26)11-20(27)22(21)23(19)28/h5,7-13,26-27H,6H2,1-4H3. The minimum Gasteiger partial charge on any atom is -0.508 e. The molecule has 154 valence electrons. The quantitative estimate of drug-likeness (QED) is 0.558. The number of phenolic OH excluding ortho intramolecular Hbond substituents is 2. The van der Waals surface area contributed by atoms with Crippen molar-refractivity contribution >= 4 is 17.0 Å². The molecule has 0 fully saturated rings. The van der Waals surface area contributed by atoms with Gasteiger partial charge in [-0.1, -0.05) is 17.7 Å². The highest BCUT2D eigenvalue weighted by Gasteiger charge is 2.25. The van der Waals surface area contributed by atoms with Crippen LogP contribution in [0.25, 0.3) is 28.2 Å². The van der Waals surface area contributed by atoms with Crippen molar-refractivity contribution in [3.8, 4) is 28.4 Å². The summed E-state index contributed by atoms with van der Waals surface area (Å²) in [6.45, 7) is 8.08. The molecule has 0 saturated heterocycles. The van der Waals surface area contributed by atoms with Crippen LogP contribution in [-0.4, -0.2) is 15.8 Å². The lowest BCUT2D eigenvalue weighted by molar-refractivity contribution is 0.157. The fourth-order valence-corrected chi connectivity index (χ4v) is 3.59. The van der Waals surface area contributed by atoms with Crippen molar-refractivity contribution in [2.75, 3.05) is 0 Å². The summed E-state index contributed by atoms with van der Waals surface area (Å²) in [5.41, 5.74) is 3.43. The molecule has 4 rings (SSSR count). The second-order valence-corrected chi connectivity index (χ2v) is 8.39. The highest BCUT2D eigenvalue weighted by Crippen LogP contribution is 2.38. The van der Waals surface area contributed by atoms with Gasteiger partial charge in [-0.25, -0.2) is 0 Å². The van der Waals surface area contributed by atoms with Gasteiger partial charge < -0.3 is 19.4 Å². The van der Waals surface area contributed by atoms with Crippen LogP contribution >= 0.6 is 0 Å². The van der Waals surface area contributed by atoms with Gasteiger partial charge in [0, 0.05) is 17.7 Å². The lowest BCUT2D eigenvalue weighted by Gasteiger charge is -2.30. The molecule has 5 heteroatoms. The molecule has 2 aromatic carbocycles. The van der Waals surface area contributed by atoms with Gasteiger partial charge >= 0.3 is 0 Å². The Balaban J connectivity index is 1.94. The number of hydrogen-bond donors (Lipinski definition) is 2. The first kappa shape index (κ1) is 19.8. The van der Waals surface area contributed by atoms with Crippen LogP contribution in [0.15, 0.2) is 57.5 Å². The van der Waals surface area contributed by atoms with Crippen molar-refractivity contribution in [3.05, 3.63) is 69.6 Å². The van der Waals surface area contributed by atoms with Gasteiger partial charge in [-0.15, -0.1) is 0 Å². The molecular formula is C25H24O5. The van der Waals surface area contributed by atoms with E-state index in [1.54, 1.807) is 0 Å². The summed E-state index contributed by atoms with van der Waals surface area (Å²) in [5, 5.41) is 19.9. The molecule has 30 heavy (non-hydrogen) atoms. The topological polar surface area (TPSA) is 79.9 Å². The predicted octanol–water partition coefficient (Wildman–Crippen LogP) is 5.56. The van der Waals surface area contributed by atoms with Crippen molar-refractivity contribution < 1.29 is 19.4 Å². The number of allylic oxidation sites excluding steroid dienone is 2. The Kier molecular flexibility index (Phi) is 4.69.